The van der Waals surface area contributed by atoms with Crippen molar-refractivity contribution >= 4 is 38.6 Å². The molecule has 0 bridgehead atoms. The highest BCUT2D eigenvalue weighted by atomic mass is 32.2. The van der Waals surface area contributed by atoms with Crippen LogP contribution in [0.4, 0.5) is 4.79 Å². The Bertz CT molecular complexity index is 1240. The summed E-state index contributed by atoms with van der Waals surface area (Å²) in [5.41, 5.74) is -0.698. The van der Waals surface area contributed by atoms with Gasteiger partial charge >= 0.3 is 6.03 Å². The van der Waals surface area contributed by atoms with Gasteiger partial charge in [0, 0.05) is 26.2 Å². The topological polar surface area (TPSA) is 116 Å². The zero-order valence-electron chi connectivity index (χ0n) is 18.7. The van der Waals surface area contributed by atoms with Crippen molar-refractivity contribution in [3.05, 3.63) is 42.0 Å². The number of amides is 4. The standard InChI is InChI=1S/C22H26N4O6S/c1-22(17-6-4-16-13-18(32-2)7-5-15(16)12-17)20(28)26(21(29)23-22)14-19(27)24-8-10-25(11-9-24)33(3,30)31/h4-7,12-13H,8-11,14H2,1-3H3,(H,23,29)/t22-/m1/s1. The molecule has 0 spiro atoms. The van der Waals surface area contributed by atoms with Crippen LogP contribution >= 0.6 is 0 Å². The molecule has 33 heavy (non-hydrogen) atoms. The Labute approximate surface area is 192 Å². The van der Waals surface area contributed by atoms with E-state index < -0.39 is 40.0 Å². The molecular weight excluding hydrogens is 448 g/mol. The molecular formula is C22H26N4O6S. The Kier molecular flexibility index (Phi) is 5.79. The van der Waals surface area contributed by atoms with Crippen molar-refractivity contribution in [3.8, 4) is 5.75 Å². The summed E-state index contributed by atoms with van der Waals surface area (Å²) in [6, 6.07) is 10.4. The van der Waals surface area contributed by atoms with Crippen LogP contribution in [0.5, 0.6) is 5.75 Å². The number of rotatable bonds is 5. The first kappa shape index (κ1) is 23.0. The third-order valence-corrected chi connectivity index (χ3v) is 7.56. The lowest BCUT2D eigenvalue weighted by molar-refractivity contribution is -0.139. The van der Waals surface area contributed by atoms with Crippen LogP contribution in [0.2, 0.25) is 0 Å². The Morgan fingerprint density at radius 3 is 2.33 bits per heavy atom. The third kappa shape index (κ3) is 4.25. The van der Waals surface area contributed by atoms with E-state index in [4.69, 9.17) is 4.74 Å². The van der Waals surface area contributed by atoms with E-state index in [0.717, 1.165) is 21.9 Å². The second kappa shape index (κ2) is 8.31. The monoisotopic (exact) mass is 474 g/mol. The van der Waals surface area contributed by atoms with Crippen LogP contribution in [-0.4, -0.2) is 86.5 Å². The van der Waals surface area contributed by atoms with Crippen molar-refractivity contribution < 1.29 is 27.5 Å². The van der Waals surface area contributed by atoms with Crippen LogP contribution in [0.25, 0.3) is 10.8 Å². The molecule has 2 aromatic carbocycles. The summed E-state index contributed by atoms with van der Waals surface area (Å²) < 4.78 is 29.9. The van der Waals surface area contributed by atoms with Crippen molar-refractivity contribution in [2.45, 2.75) is 12.5 Å². The molecule has 0 saturated carbocycles. The fraction of sp³-hybridized carbons (Fsp3) is 0.409. The average Bonchev–Trinajstić information content (AvgIpc) is 3.01. The number of hydrogen-bond acceptors (Lipinski definition) is 6. The number of nitrogens with zero attached hydrogens (tertiary/aromatic N) is 3. The second-order valence-electron chi connectivity index (χ2n) is 8.42. The van der Waals surface area contributed by atoms with Gasteiger partial charge in [0.25, 0.3) is 5.91 Å². The number of nitrogens with one attached hydrogen (secondary N) is 1. The molecule has 0 aromatic heterocycles. The molecule has 2 aliphatic heterocycles. The van der Waals surface area contributed by atoms with E-state index in [1.54, 1.807) is 20.1 Å². The van der Waals surface area contributed by atoms with Gasteiger partial charge in [0.15, 0.2) is 0 Å². The lowest BCUT2D eigenvalue weighted by Gasteiger charge is -2.33. The summed E-state index contributed by atoms with van der Waals surface area (Å²) in [7, 11) is -1.73. The molecule has 2 aliphatic rings. The number of carbonyl (C=O) groups is 3. The minimum atomic E-state index is -3.32. The molecule has 2 saturated heterocycles. The molecule has 4 amide bonds. The van der Waals surface area contributed by atoms with E-state index in [2.05, 4.69) is 5.32 Å². The quantitative estimate of drug-likeness (QED) is 0.639. The van der Waals surface area contributed by atoms with Gasteiger partial charge in [0.05, 0.1) is 13.4 Å². The van der Waals surface area contributed by atoms with Gasteiger partial charge in [-0.05, 0) is 41.5 Å². The lowest BCUT2D eigenvalue weighted by atomic mass is 9.90. The molecule has 2 heterocycles. The smallest absolute Gasteiger partial charge is 0.325 e. The molecule has 0 radical (unpaired) electrons. The number of methoxy groups -OCH3 is 1. The number of piperazine rings is 1. The maximum Gasteiger partial charge on any atom is 0.325 e. The maximum atomic E-state index is 13.2. The van der Waals surface area contributed by atoms with Crippen molar-refractivity contribution in [2.24, 2.45) is 0 Å². The third-order valence-electron chi connectivity index (χ3n) is 6.25. The molecule has 176 valence electrons. The highest BCUT2D eigenvalue weighted by Crippen LogP contribution is 2.32. The Balaban J connectivity index is 1.49. The van der Waals surface area contributed by atoms with Gasteiger partial charge in [-0.15, -0.1) is 0 Å². The van der Waals surface area contributed by atoms with E-state index in [9.17, 15) is 22.8 Å². The summed E-state index contributed by atoms with van der Waals surface area (Å²) in [6.45, 7) is 2.01. The molecule has 11 heteroatoms. The van der Waals surface area contributed by atoms with Gasteiger partial charge in [-0.2, -0.15) is 4.31 Å². The molecule has 2 fully saturated rings. The van der Waals surface area contributed by atoms with Crippen LogP contribution in [0.3, 0.4) is 0 Å². The number of imide groups is 1. The number of ether oxygens (including phenoxy) is 1. The first-order valence-corrected chi connectivity index (χ1v) is 12.3. The molecule has 1 atom stereocenters. The van der Waals surface area contributed by atoms with E-state index in [1.807, 2.05) is 30.3 Å². The second-order valence-corrected chi connectivity index (χ2v) is 10.4. The van der Waals surface area contributed by atoms with Crippen LogP contribution < -0.4 is 10.1 Å². The largest absolute Gasteiger partial charge is 0.497 e. The normalized spacial score (nSPS) is 22.0. The van der Waals surface area contributed by atoms with Gasteiger partial charge in [0.2, 0.25) is 15.9 Å². The SMILES string of the molecule is COc1ccc2cc([C@@]3(C)NC(=O)N(CC(=O)N4CCN(S(C)(=O)=O)CC4)C3=O)ccc2c1. The fourth-order valence-corrected chi connectivity index (χ4v) is 5.03. The van der Waals surface area contributed by atoms with Gasteiger partial charge in [-0.1, -0.05) is 18.2 Å². The molecule has 0 unspecified atom stereocenters. The summed E-state index contributed by atoms with van der Waals surface area (Å²) in [6.07, 6.45) is 1.13. The fourth-order valence-electron chi connectivity index (χ4n) is 4.20. The highest BCUT2D eigenvalue weighted by Gasteiger charge is 2.49. The van der Waals surface area contributed by atoms with Gasteiger partial charge in [-0.3, -0.25) is 14.5 Å². The predicted octanol–water partition coefficient (Wildman–Crippen LogP) is 0.719. The molecule has 1 N–H and O–H groups in total. The number of fused-ring (bicyclic) bond motifs is 1. The van der Waals surface area contributed by atoms with E-state index in [-0.39, 0.29) is 26.2 Å². The summed E-state index contributed by atoms with van der Waals surface area (Å²) in [5, 5.41) is 4.54. The van der Waals surface area contributed by atoms with Gasteiger partial charge < -0.3 is 15.0 Å². The summed E-state index contributed by atoms with van der Waals surface area (Å²) >= 11 is 0. The number of sulfonamides is 1. The zero-order chi connectivity index (χ0) is 24.0. The van der Waals surface area contributed by atoms with Crippen LogP contribution in [0.15, 0.2) is 36.4 Å². The maximum absolute atomic E-state index is 13.2. The van der Waals surface area contributed by atoms with E-state index in [0.29, 0.717) is 11.3 Å². The Hall–Kier alpha value is -3.18. The Morgan fingerprint density at radius 1 is 1.06 bits per heavy atom. The van der Waals surface area contributed by atoms with E-state index in [1.165, 1.54) is 9.21 Å². The van der Waals surface area contributed by atoms with Crippen LogP contribution in [0.1, 0.15) is 12.5 Å². The molecule has 10 nitrogen and oxygen atoms in total. The molecule has 0 aliphatic carbocycles. The van der Waals surface area contributed by atoms with Crippen LogP contribution in [-0.2, 0) is 25.2 Å². The average molecular weight is 475 g/mol. The lowest BCUT2D eigenvalue weighted by Crippen LogP contribution is -2.53. The highest BCUT2D eigenvalue weighted by molar-refractivity contribution is 7.88. The number of benzene rings is 2. The van der Waals surface area contributed by atoms with Crippen molar-refractivity contribution in [3.63, 3.8) is 0 Å². The van der Waals surface area contributed by atoms with Gasteiger partial charge in [0.1, 0.15) is 17.8 Å². The van der Waals surface area contributed by atoms with Crippen LogP contribution in [0, 0.1) is 0 Å². The molecule has 4 rings (SSSR count). The zero-order valence-corrected chi connectivity index (χ0v) is 19.5. The van der Waals surface area contributed by atoms with Crippen molar-refractivity contribution in [1.82, 2.24) is 19.4 Å². The first-order valence-electron chi connectivity index (χ1n) is 10.5. The summed E-state index contributed by atoms with van der Waals surface area (Å²) in [5.74, 6) is -0.196. The number of hydrogen-bond donors (Lipinski definition) is 1. The van der Waals surface area contributed by atoms with Gasteiger partial charge in [-0.25, -0.2) is 13.2 Å². The first-order chi connectivity index (χ1) is 15.5. The molecule has 2 aromatic rings. The van der Waals surface area contributed by atoms with Crippen molar-refractivity contribution in [1.29, 1.82) is 0 Å². The minimum Gasteiger partial charge on any atom is -0.497 e. The number of urea groups is 1. The summed E-state index contributed by atoms with van der Waals surface area (Å²) in [4.78, 5) is 41.0. The Morgan fingerprint density at radius 2 is 1.70 bits per heavy atom. The van der Waals surface area contributed by atoms with Crippen molar-refractivity contribution in [2.75, 3.05) is 46.1 Å². The number of carbonyl (C=O) groups excluding carboxylic acids is 3. The van der Waals surface area contributed by atoms with E-state index >= 15 is 0 Å². The predicted molar refractivity (Wildman–Crippen MR) is 121 cm³/mol. The minimum absolute atomic E-state index is 0.185.